The molecular weight excluding hydrogens is 1490 g/mol. The number of para-hydroxylation sites is 2. The number of fused-ring (bicyclic) bond motifs is 2. The number of hydrogen-bond acceptors (Lipinski definition) is 23. The maximum Gasteiger partial charge on any atom is 0.335 e. The van der Waals surface area contributed by atoms with Gasteiger partial charge in [0.1, 0.15) is 12.4 Å². The van der Waals surface area contributed by atoms with Crippen LogP contribution in [0.5, 0.6) is 51.9 Å². The van der Waals surface area contributed by atoms with Crippen LogP contribution >= 0.6 is 0 Å². The molecule has 8 aromatic carbocycles. The van der Waals surface area contributed by atoms with Crippen molar-refractivity contribution in [2.45, 2.75) is 113 Å². The number of carboxylic acids is 2. The number of aromatic carboxylic acids is 2. The molecule has 2 aliphatic heterocycles. The number of methoxy groups -OCH3 is 1. The van der Waals surface area contributed by atoms with Crippen molar-refractivity contribution in [2.24, 2.45) is 0 Å². The number of ether oxygens (including phenoxy) is 8. The summed E-state index contributed by atoms with van der Waals surface area (Å²) in [4.78, 5) is 66.4. The van der Waals surface area contributed by atoms with Crippen LogP contribution in [0.15, 0.2) is 203 Å². The monoisotopic (exact) mass is 1570 g/mol. The SMILES string of the molecule is COc1ccccc1Oc1c(NS(=O)(=O)c2ccc(C(C)(C)C)cc2)nc(-c2ncccn2)nc1OCCO.Cc1cc(C(=O)O)ccc1CC(C(=O)NS(=O)(=O)c1ccc(C(C)C)cc1)c1ccc2c(c1)OCO2.Cc1cc(C(=O)O)ccc1OC(C(=O)NS(=O)(=O)c1ccc(C(C)C)cc1)c1ccc2c(c1)OCO2. The summed E-state index contributed by atoms with van der Waals surface area (Å²) in [5.41, 5.74) is 5.68. The van der Waals surface area contributed by atoms with Crippen molar-refractivity contribution in [1.82, 2.24) is 29.4 Å². The highest BCUT2D eigenvalue weighted by Gasteiger charge is 2.33. The van der Waals surface area contributed by atoms with E-state index in [-0.39, 0.29) is 117 Å². The van der Waals surface area contributed by atoms with Gasteiger partial charge in [0, 0.05) is 18.0 Å². The Bertz CT molecular complexity index is 5200. The van der Waals surface area contributed by atoms with Gasteiger partial charge >= 0.3 is 11.9 Å². The summed E-state index contributed by atoms with van der Waals surface area (Å²) in [6.07, 6.45) is 1.76. The summed E-state index contributed by atoms with van der Waals surface area (Å²) in [6, 6.07) is 46.2. The zero-order chi connectivity index (χ0) is 80.1. The van der Waals surface area contributed by atoms with E-state index in [9.17, 15) is 59.8 Å². The maximum atomic E-state index is 13.5. The first-order chi connectivity index (χ1) is 52.7. The van der Waals surface area contributed by atoms with Crippen molar-refractivity contribution >= 4 is 59.6 Å². The fourth-order valence-electron chi connectivity index (χ4n) is 11.2. The van der Waals surface area contributed by atoms with Crippen molar-refractivity contribution in [3.8, 4) is 63.5 Å². The highest BCUT2D eigenvalue weighted by atomic mass is 32.2. The van der Waals surface area contributed by atoms with Crippen molar-refractivity contribution in [1.29, 1.82) is 0 Å². The van der Waals surface area contributed by atoms with Gasteiger partial charge in [0.25, 0.3) is 41.9 Å². The predicted octanol–water partition coefficient (Wildman–Crippen LogP) is 12.8. The van der Waals surface area contributed by atoms with Gasteiger partial charge in [0.2, 0.25) is 37.2 Å². The zero-order valence-electron chi connectivity index (χ0n) is 61.9. The molecule has 0 bridgehead atoms. The lowest BCUT2D eigenvalue weighted by atomic mass is 9.87. The molecule has 6 N–H and O–H groups in total. The number of sulfonamides is 3. The average molecular weight is 1570 g/mol. The van der Waals surface area contributed by atoms with E-state index in [2.05, 4.69) is 34.1 Å². The number of aromatic nitrogens is 4. The van der Waals surface area contributed by atoms with E-state index in [1.165, 1.54) is 92.3 Å². The molecule has 28 nitrogen and oxygen atoms in total. The molecule has 0 spiro atoms. The molecule has 111 heavy (non-hydrogen) atoms. The molecule has 0 radical (unpaired) electrons. The van der Waals surface area contributed by atoms with Gasteiger partial charge in [0.05, 0.1) is 45.4 Å². The summed E-state index contributed by atoms with van der Waals surface area (Å²) in [5, 5.41) is 27.9. The van der Waals surface area contributed by atoms with Gasteiger partial charge in [-0.05, 0) is 186 Å². The molecule has 2 amide bonds. The van der Waals surface area contributed by atoms with Crippen LogP contribution in [0.3, 0.4) is 0 Å². The third-order valence-corrected chi connectivity index (χ3v) is 21.5. The fraction of sp³-hybridized carbons (Fsp3) is 0.250. The van der Waals surface area contributed by atoms with E-state index < -0.39 is 65.8 Å². The van der Waals surface area contributed by atoms with E-state index in [1.54, 1.807) is 117 Å². The van der Waals surface area contributed by atoms with Crippen LogP contribution in [0.25, 0.3) is 11.6 Å². The number of aliphatic hydroxyl groups is 1. The van der Waals surface area contributed by atoms with Crippen molar-refractivity contribution in [3.05, 3.63) is 244 Å². The van der Waals surface area contributed by atoms with Crippen LogP contribution in [0, 0.1) is 13.8 Å². The number of amides is 2. The second-order valence-corrected chi connectivity index (χ2v) is 32.0. The number of nitrogens with one attached hydrogen (secondary N) is 3. The van der Waals surface area contributed by atoms with Crippen molar-refractivity contribution in [2.75, 3.05) is 38.6 Å². The standard InChI is InChI=1S/C27H29N5O6S.C27H27NO7S.C26H25NO8S/c1-27(2,3)18-10-12-19(13-11-18)39(34,35)32-23-22(38-21-9-6-5-8-20(21)36-4)26(37-17-16-33)31-25(30-23)24-28-14-7-15-29-24;1-16(2)18-6-9-22(10-7-18)36(32,33)28-26(29)23(20-8-11-24-25(14-20)35-15-34-24)13-19-4-5-21(27(30)31)12-17(19)3;1-15(2)17-4-8-20(9-5-17)36(31,32)27-25(28)24(18-6-11-22-23(13-18)34-14-33-22)35-21-10-7-19(26(29)30)12-16(21)3/h5-15,33H,16-17H2,1-4H3,(H,30,31,32);4-12,14,16,23H,13,15H2,1-3H3,(H,28,29)(H,30,31);4-13,15,24H,14H2,1-3H3,(H,27,28)(H,29,30). The number of carbonyl (C=O) groups is 4. The van der Waals surface area contributed by atoms with Crippen LogP contribution in [-0.2, 0) is 51.5 Å². The molecule has 580 valence electrons. The first-order valence-electron chi connectivity index (χ1n) is 34.6. The smallest absolute Gasteiger partial charge is 0.335 e. The van der Waals surface area contributed by atoms with Crippen LogP contribution in [0.4, 0.5) is 5.82 Å². The number of nitrogens with zero attached hydrogens (tertiary/aromatic N) is 4. The zero-order valence-corrected chi connectivity index (χ0v) is 64.4. The number of rotatable bonds is 26. The summed E-state index contributed by atoms with van der Waals surface area (Å²) >= 11 is 0. The highest BCUT2D eigenvalue weighted by Crippen LogP contribution is 2.43. The molecule has 2 aliphatic rings. The highest BCUT2D eigenvalue weighted by molar-refractivity contribution is 7.92. The largest absolute Gasteiger partial charge is 0.493 e. The lowest BCUT2D eigenvalue weighted by molar-refractivity contribution is -0.126. The van der Waals surface area contributed by atoms with E-state index in [1.807, 2.05) is 48.5 Å². The van der Waals surface area contributed by atoms with Crippen LogP contribution in [0.2, 0.25) is 0 Å². The van der Waals surface area contributed by atoms with Crippen molar-refractivity contribution in [3.63, 3.8) is 0 Å². The van der Waals surface area contributed by atoms with Gasteiger partial charge in [0.15, 0.2) is 46.1 Å². The Balaban J connectivity index is 0.000000177. The van der Waals surface area contributed by atoms with Gasteiger partial charge in [-0.2, -0.15) is 4.98 Å². The second kappa shape index (κ2) is 35.0. The van der Waals surface area contributed by atoms with Crippen LogP contribution in [0.1, 0.15) is 138 Å². The summed E-state index contributed by atoms with van der Waals surface area (Å²) in [6.45, 7) is 17.1. The van der Waals surface area contributed by atoms with Gasteiger partial charge in [-0.1, -0.05) is 115 Å². The molecule has 0 fully saturated rings. The van der Waals surface area contributed by atoms with Gasteiger partial charge in [-0.25, -0.2) is 59.2 Å². The Hall–Kier alpha value is -12.2. The number of anilines is 1. The average Bonchev–Trinajstić information content (AvgIpc) is 0.959. The topological polar surface area (TPSA) is 393 Å². The molecule has 2 unspecified atom stereocenters. The van der Waals surface area contributed by atoms with Gasteiger partial charge in [-0.3, -0.25) is 14.3 Å². The number of aryl methyl sites for hydroxylation is 2. The Morgan fingerprint density at radius 1 is 0.532 bits per heavy atom. The normalized spacial score (nSPS) is 12.8. The van der Waals surface area contributed by atoms with E-state index in [4.69, 9.17) is 37.9 Å². The Morgan fingerprint density at radius 3 is 1.55 bits per heavy atom. The third kappa shape index (κ3) is 20.4. The molecule has 10 aromatic rings. The van der Waals surface area contributed by atoms with E-state index >= 15 is 0 Å². The minimum atomic E-state index is -4.20. The number of carboxylic acid groups (broad SMARTS) is 2. The number of carbonyl (C=O) groups excluding carboxylic acids is 2. The minimum absolute atomic E-state index is 0.00771. The van der Waals surface area contributed by atoms with Crippen LogP contribution < -0.4 is 52.1 Å². The Kier molecular flexibility index (Phi) is 25.7. The lowest BCUT2D eigenvalue weighted by Gasteiger charge is -2.21. The lowest BCUT2D eigenvalue weighted by Crippen LogP contribution is -2.37. The van der Waals surface area contributed by atoms with Gasteiger partial charge in [-0.15, -0.1) is 0 Å². The minimum Gasteiger partial charge on any atom is -0.493 e. The molecule has 2 atom stereocenters. The molecule has 2 aromatic heterocycles. The molecule has 0 aliphatic carbocycles. The summed E-state index contributed by atoms with van der Waals surface area (Å²) < 4.78 is 130. The van der Waals surface area contributed by atoms with Crippen molar-refractivity contribution < 1.29 is 97.6 Å². The molecular formula is C80H81N7O21S3. The second-order valence-electron chi connectivity index (χ2n) is 26.9. The summed E-state index contributed by atoms with van der Waals surface area (Å²) in [5.74, 6) is -1.86. The van der Waals surface area contributed by atoms with Gasteiger partial charge < -0.3 is 53.2 Å². The maximum absolute atomic E-state index is 13.5. The van der Waals surface area contributed by atoms with E-state index in [0.29, 0.717) is 51.0 Å². The number of benzene rings is 8. The van der Waals surface area contributed by atoms with E-state index in [0.717, 1.165) is 22.3 Å². The Morgan fingerprint density at radius 2 is 1.03 bits per heavy atom. The molecule has 4 heterocycles. The number of aliphatic hydroxyl groups excluding tert-OH is 1. The molecule has 12 rings (SSSR count). The van der Waals surface area contributed by atoms with Crippen LogP contribution in [-0.4, -0.2) is 118 Å². The molecule has 0 saturated heterocycles. The first kappa shape index (κ1) is 81.3. The summed E-state index contributed by atoms with van der Waals surface area (Å²) in [7, 11) is -11.0. The third-order valence-electron chi connectivity index (χ3n) is 17.4. The quantitative estimate of drug-likeness (QED) is 0.0293. The number of hydrogen-bond donors (Lipinski definition) is 6. The first-order valence-corrected chi connectivity index (χ1v) is 39.0. The predicted molar refractivity (Wildman–Crippen MR) is 408 cm³/mol. The molecule has 0 saturated carbocycles. The molecule has 31 heteroatoms. The fourth-order valence-corrected chi connectivity index (χ4v) is 14.2. The Labute approximate surface area is 641 Å².